The number of furan rings is 1. The number of nitrogens with zero attached hydrogens (tertiary/aromatic N) is 3. The minimum atomic E-state index is -0.249. The third-order valence-electron chi connectivity index (χ3n) is 4.07. The topological polar surface area (TPSA) is 74.2 Å². The molecule has 6 heteroatoms. The molecular weight excluding hydrogens is 316 g/mol. The van der Waals surface area contributed by atoms with Crippen LogP contribution in [0.15, 0.2) is 53.3 Å². The molecule has 1 N–H and O–H groups in total. The van der Waals surface area contributed by atoms with Crippen LogP contribution in [0.3, 0.4) is 0 Å². The smallest absolute Gasteiger partial charge is 0.322 e. The number of hydrogen-bond donors (Lipinski definition) is 1. The first-order valence-corrected chi connectivity index (χ1v) is 8.25. The lowest BCUT2D eigenvalue weighted by atomic mass is 10.2. The number of aryl methyl sites for hydroxylation is 1. The average molecular weight is 336 g/mol. The van der Waals surface area contributed by atoms with Crippen molar-refractivity contribution in [1.82, 2.24) is 9.47 Å². The van der Waals surface area contributed by atoms with Gasteiger partial charge >= 0.3 is 6.03 Å². The van der Waals surface area contributed by atoms with Crippen LogP contribution in [0.5, 0.6) is 0 Å². The number of carbonyl (C=O) groups is 1. The summed E-state index contributed by atoms with van der Waals surface area (Å²) in [6, 6.07) is 13.3. The Labute approximate surface area is 146 Å². The second-order valence-corrected chi connectivity index (χ2v) is 5.71. The second kappa shape index (κ2) is 7.58. The van der Waals surface area contributed by atoms with E-state index in [1.54, 1.807) is 17.2 Å². The fourth-order valence-corrected chi connectivity index (χ4v) is 2.77. The van der Waals surface area contributed by atoms with Gasteiger partial charge in [0.2, 0.25) is 0 Å². The lowest BCUT2D eigenvalue weighted by Crippen LogP contribution is -2.35. The van der Waals surface area contributed by atoms with Crippen LogP contribution in [0.2, 0.25) is 0 Å². The quantitative estimate of drug-likeness (QED) is 0.733. The van der Waals surface area contributed by atoms with Gasteiger partial charge in [0.1, 0.15) is 5.76 Å². The summed E-state index contributed by atoms with van der Waals surface area (Å²) in [6.07, 6.45) is 3.88. The Bertz CT molecular complexity index is 890. The summed E-state index contributed by atoms with van der Waals surface area (Å²) in [6.45, 7) is 3.62. The van der Waals surface area contributed by atoms with Crippen molar-refractivity contribution in [3.8, 4) is 6.07 Å². The number of nitrogens with one attached hydrogen (secondary N) is 1. The number of aromatic nitrogens is 1. The number of fused-ring (bicyclic) bond motifs is 1. The lowest BCUT2D eigenvalue weighted by Gasteiger charge is -2.21. The largest absolute Gasteiger partial charge is 0.467 e. The van der Waals surface area contributed by atoms with Gasteiger partial charge in [0.05, 0.1) is 30.8 Å². The van der Waals surface area contributed by atoms with Gasteiger partial charge in [-0.1, -0.05) is 6.07 Å². The summed E-state index contributed by atoms with van der Waals surface area (Å²) >= 11 is 0. The molecule has 0 bridgehead atoms. The summed E-state index contributed by atoms with van der Waals surface area (Å²) in [5, 5.41) is 12.9. The molecule has 3 rings (SSSR count). The fraction of sp³-hybridized carbons (Fsp3) is 0.263. The van der Waals surface area contributed by atoms with Crippen LogP contribution in [-0.4, -0.2) is 22.0 Å². The average Bonchev–Trinajstić information content (AvgIpc) is 3.27. The summed E-state index contributed by atoms with van der Waals surface area (Å²) in [5.74, 6) is 0.684. The monoisotopic (exact) mass is 336 g/mol. The van der Waals surface area contributed by atoms with E-state index in [1.807, 2.05) is 30.5 Å². The van der Waals surface area contributed by atoms with Gasteiger partial charge in [-0.2, -0.15) is 5.26 Å². The van der Waals surface area contributed by atoms with E-state index in [0.717, 1.165) is 23.1 Å². The zero-order chi connectivity index (χ0) is 17.6. The molecule has 0 aliphatic carbocycles. The Balaban J connectivity index is 1.76. The van der Waals surface area contributed by atoms with E-state index >= 15 is 0 Å². The number of benzene rings is 1. The SMILES string of the molecule is CCn1ccc2ccc(NC(=O)N(CCC#N)Cc3ccco3)cc21. The van der Waals surface area contributed by atoms with Gasteiger partial charge < -0.3 is 19.2 Å². The maximum absolute atomic E-state index is 12.6. The molecule has 0 radical (unpaired) electrons. The highest BCUT2D eigenvalue weighted by Gasteiger charge is 2.15. The van der Waals surface area contributed by atoms with Crippen molar-refractivity contribution in [3.05, 3.63) is 54.6 Å². The number of hydrogen-bond acceptors (Lipinski definition) is 3. The van der Waals surface area contributed by atoms with Crippen LogP contribution in [0.25, 0.3) is 10.9 Å². The Kier molecular flexibility index (Phi) is 5.05. The van der Waals surface area contributed by atoms with Gasteiger partial charge in [0.25, 0.3) is 0 Å². The first-order valence-electron chi connectivity index (χ1n) is 8.25. The van der Waals surface area contributed by atoms with E-state index in [1.165, 1.54) is 0 Å². The molecule has 1 aromatic carbocycles. The molecule has 2 amide bonds. The third-order valence-corrected chi connectivity index (χ3v) is 4.07. The molecule has 25 heavy (non-hydrogen) atoms. The maximum atomic E-state index is 12.6. The summed E-state index contributed by atoms with van der Waals surface area (Å²) in [7, 11) is 0. The van der Waals surface area contributed by atoms with Crippen molar-refractivity contribution in [1.29, 1.82) is 5.26 Å². The van der Waals surface area contributed by atoms with Gasteiger partial charge in [-0.25, -0.2) is 4.79 Å². The highest BCUT2D eigenvalue weighted by atomic mass is 16.3. The molecule has 0 fully saturated rings. The Morgan fingerprint density at radius 3 is 2.96 bits per heavy atom. The van der Waals surface area contributed by atoms with Crippen LogP contribution >= 0.6 is 0 Å². The van der Waals surface area contributed by atoms with Gasteiger partial charge in [-0.15, -0.1) is 0 Å². The number of amides is 2. The molecule has 2 aromatic heterocycles. The van der Waals surface area contributed by atoms with Crippen molar-refractivity contribution in [2.24, 2.45) is 0 Å². The zero-order valence-electron chi connectivity index (χ0n) is 14.1. The first-order chi connectivity index (χ1) is 12.2. The number of nitriles is 1. The molecule has 0 aliphatic rings. The molecule has 0 atom stereocenters. The molecule has 3 aromatic rings. The Morgan fingerprint density at radius 1 is 1.36 bits per heavy atom. The van der Waals surface area contributed by atoms with Crippen LogP contribution < -0.4 is 5.32 Å². The predicted molar refractivity (Wildman–Crippen MR) is 96.0 cm³/mol. The van der Waals surface area contributed by atoms with Gasteiger partial charge in [0.15, 0.2) is 0 Å². The number of anilines is 1. The molecule has 0 saturated carbocycles. The van der Waals surface area contributed by atoms with Gasteiger partial charge in [-0.3, -0.25) is 0 Å². The van der Waals surface area contributed by atoms with Crippen LogP contribution in [-0.2, 0) is 13.1 Å². The fourth-order valence-electron chi connectivity index (χ4n) is 2.77. The third kappa shape index (κ3) is 3.83. The molecule has 0 unspecified atom stereocenters. The maximum Gasteiger partial charge on any atom is 0.322 e. The molecule has 0 saturated heterocycles. The highest BCUT2D eigenvalue weighted by molar-refractivity contribution is 5.92. The first kappa shape index (κ1) is 16.7. The van der Waals surface area contributed by atoms with E-state index in [9.17, 15) is 4.79 Å². The standard InChI is InChI=1S/C19H20N4O2/c1-2-22-11-8-15-6-7-16(13-18(15)22)21-19(24)23(10-4-9-20)14-17-5-3-12-25-17/h3,5-8,11-13H,2,4,10,14H2,1H3,(H,21,24). The van der Waals surface area contributed by atoms with Crippen molar-refractivity contribution in [3.63, 3.8) is 0 Å². The molecule has 2 heterocycles. The zero-order valence-corrected chi connectivity index (χ0v) is 14.1. The van der Waals surface area contributed by atoms with E-state index < -0.39 is 0 Å². The molecular formula is C19H20N4O2. The van der Waals surface area contributed by atoms with Gasteiger partial charge in [0, 0.05) is 25.0 Å². The highest BCUT2D eigenvalue weighted by Crippen LogP contribution is 2.21. The van der Waals surface area contributed by atoms with E-state index in [-0.39, 0.29) is 12.5 Å². The molecule has 0 aliphatic heterocycles. The van der Waals surface area contributed by atoms with E-state index in [0.29, 0.717) is 18.8 Å². The van der Waals surface area contributed by atoms with E-state index in [2.05, 4.69) is 28.9 Å². The summed E-state index contributed by atoms with van der Waals surface area (Å²) in [5.41, 5.74) is 1.81. The number of urea groups is 1. The van der Waals surface area contributed by atoms with E-state index in [4.69, 9.17) is 9.68 Å². The second-order valence-electron chi connectivity index (χ2n) is 5.71. The number of rotatable bonds is 6. The predicted octanol–water partition coefficient (Wildman–Crippen LogP) is 4.20. The minimum Gasteiger partial charge on any atom is -0.467 e. The van der Waals surface area contributed by atoms with Crippen molar-refractivity contribution in [2.45, 2.75) is 26.4 Å². The van der Waals surface area contributed by atoms with Gasteiger partial charge in [-0.05, 0) is 42.6 Å². The van der Waals surface area contributed by atoms with Crippen molar-refractivity contribution in [2.75, 3.05) is 11.9 Å². The molecule has 6 nitrogen and oxygen atoms in total. The Morgan fingerprint density at radius 2 is 2.24 bits per heavy atom. The minimum absolute atomic E-state index is 0.249. The van der Waals surface area contributed by atoms with Crippen LogP contribution in [0.4, 0.5) is 10.5 Å². The Hall–Kier alpha value is -3.20. The molecule has 0 spiro atoms. The summed E-state index contributed by atoms with van der Waals surface area (Å²) < 4.78 is 7.44. The number of carbonyl (C=O) groups excluding carboxylic acids is 1. The normalized spacial score (nSPS) is 10.6. The van der Waals surface area contributed by atoms with Crippen LogP contribution in [0, 0.1) is 11.3 Å². The molecule has 128 valence electrons. The lowest BCUT2D eigenvalue weighted by molar-refractivity contribution is 0.205. The van der Waals surface area contributed by atoms with Crippen molar-refractivity contribution >= 4 is 22.6 Å². The van der Waals surface area contributed by atoms with Crippen molar-refractivity contribution < 1.29 is 9.21 Å². The summed E-state index contributed by atoms with van der Waals surface area (Å²) in [4.78, 5) is 14.2. The van der Waals surface area contributed by atoms with Crippen LogP contribution in [0.1, 0.15) is 19.1 Å².